The van der Waals surface area contributed by atoms with Crippen molar-refractivity contribution in [1.82, 2.24) is 9.78 Å². The van der Waals surface area contributed by atoms with Gasteiger partial charge in [-0.1, -0.05) is 29.8 Å². The van der Waals surface area contributed by atoms with Gasteiger partial charge in [-0.2, -0.15) is 9.78 Å². The number of hydrogen-bond acceptors (Lipinski definition) is 5. The molecule has 0 unspecified atom stereocenters. The molecule has 8 heteroatoms. The van der Waals surface area contributed by atoms with Gasteiger partial charge in [-0.15, -0.1) is 0 Å². The monoisotopic (exact) mass is 383 g/mol. The van der Waals surface area contributed by atoms with E-state index in [1.165, 1.54) is 16.8 Å². The standard InChI is InChI=1S/C19H14ClN3O4/c20-13-10-16-17(27-9-8-26-16)11-15(13)21-19(25)14-6-7-18(24)23(22-14)12-4-2-1-3-5-12/h1-7,10-11H,8-9H2,(H,21,25). The number of para-hydroxylation sites is 1. The van der Waals surface area contributed by atoms with Crippen LogP contribution in [0.15, 0.2) is 59.4 Å². The number of aromatic nitrogens is 2. The van der Waals surface area contributed by atoms with Crippen LogP contribution in [0.1, 0.15) is 10.5 Å². The minimum Gasteiger partial charge on any atom is -0.486 e. The van der Waals surface area contributed by atoms with Crippen molar-refractivity contribution < 1.29 is 14.3 Å². The second-order valence-electron chi connectivity index (χ2n) is 5.73. The molecule has 4 rings (SSSR count). The average Bonchev–Trinajstić information content (AvgIpc) is 2.69. The third-order valence-corrected chi connectivity index (χ3v) is 4.23. The molecule has 2 heterocycles. The Bertz CT molecular complexity index is 1070. The number of nitrogens with one attached hydrogen (secondary N) is 1. The Morgan fingerprint density at radius 2 is 1.74 bits per heavy atom. The van der Waals surface area contributed by atoms with Crippen molar-refractivity contribution in [2.45, 2.75) is 0 Å². The van der Waals surface area contributed by atoms with Gasteiger partial charge in [-0.25, -0.2) is 0 Å². The molecule has 0 spiro atoms. The fourth-order valence-corrected chi connectivity index (χ4v) is 2.83. The smallest absolute Gasteiger partial charge is 0.276 e. The van der Waals surface area contributed by atoms with Crippen LogP contribution >= 0.6 is 11.6 Å². The van der Waals surface area contributed by atoms with E-state index in [2.05, 4.69) is 10.4 Å². The van der Waals surface area contributed by atoms with Crippen molar-refractivity contribution in [3.05, 3.63) is 75.7 Å². The van der Waals surface area contributed by atoms with Crippen LogP contribution in [0.3, 0.4) is 0 Å². The highest BCUT2D eigenvalue weighted by Gasteiger charge is 2.18. The van der Waals surface area contributed by atoms with Crippen LogP contribution in [0.2, 0.25) is 5.02 Å². The van der Waals surface area contributed by atoms with E-state index in [1.54, 1.807) is 36.4 Å². The summed E-state index contributed by atoms with van der Waals surface area (Å²) in [5.41, 5.74) is 0.666. The van der Waals surface area contributed by atoms with Gasteiger partial charge in [0.2, 0.25) is 0 Å². The number of ether oxygens (including phenoxy) is 2. The van der Waals surface area contributed by atoms with Gasteiger partial charge >= 0.3 is 0 Å². The van der Waals surface area contributed by atoms with E-state index in [9.17, 15) is 9.59 Å². The number of anilines is 1. The Balaban J connectivity index is 1.63. The van der Waals surface area contributed by atoms with E-state index >= 15 is 0 Å². The maximum absolute atomic E-state index is 12.6. The number of hydrogen-bond donors (Lipinski definition) is 1. The van der Waals surface area contributed by atoms with Gasteiger partial charge in [-0.05, 0) is 18.2 Å². The molecule has 7 nitrogen and oxygen atoms in total. The molecular formula is C19H14ClN3O4. The number of amides is 1. The van der Waals surface area contributed by atoms with Crippen LogP contribution in [0.5, 0.6) is 11.5 Å². The fraction of sp³-hybridized carbons (Fsp3) is 0.105. The molecule has 1 aliphatic rings. The Morgan fingerprint density at radius 1 is 1.04 bits per heavy atom. The highest BCUT2D eigenvalue weighted by molar-refractivity contribution is 6.34. The first-order valence-corrected chi connectivity index (χ1v) is 8.56. The molecule has 136 valence electrons. The summed E-state index contributed by atoms with van der Waals surface area (Å²) in [4.78, 5) is 24.7. The molecule has 0 saturated carbocycles. The highest BCUT2D eigenvalue weighted by atomic mass is 35.5. The first kappa shape index (κ1) is 17.1. The summed E-state index contributed by atoms with van der Waals surface area (Å²) in [6, 6.07) is 14.7. The predicted molar refractivity (Wildman–Crippen MR) is 100 cm³/mol. The summed E-state index contributed by atoms with van der Waals surface area (Å²) in [5, 5.41) is 7.15. The van der Waals surface area contributed by atoms with E-state index in [1.807, 2.05) is 6.07 Å². The van der Waals surface area contributed by atoms with Crippen molar-refractivity contribution >= 4 is 23.2 Å². The SMILES string of the molecule is O=C(Nc1cc2c(cc1Cl)OCCO2)c1ccc(=O)n(-c2ccccc2)n1. The van der Waals surface area contributed by atoms with Crippen LogP contribution < -0.4 is 20.3 Å². The molecule has 1 aromatic heterocycles. The zero-order valence-electron chi connectivity index (χ0n) is 14.0. The highest BCUT2D eigenvalue weighted by Crippen LogP contribution is 2.38. The Hall–Kier alpha value is -3.32. The predicted octanol–water partition coefficient (Wildman–Crippen LogP) is 2.91. The lowest BCUT2D eigenvalue weighted by atomic mass is 10.2. The average molecular weight is 384 g/mol. The number of rotatable bonds is 3. The van der Waals surface area contributed by atoms with E-state index < -0.39 is 5.91 Å². The number of benzene rings is 2. The van der Waals surface area contributed by atoms with Crippen LogP contribution in [0.4, 0.5) is 5.69 Å². The molecular weight excluding hydrogens is 370 g/mol. The molecule has 2 aromatic carbocycles. The van der Waals surface area contributed by atoms with Gasteiger partial charge < -0.3 is 14.8 Å². The van der Waals surface area contributed by atoms with Gasteiger partial charge in [-0.3, -0.25) is 9.59 Å². The minimum atomic E-state index is -0.502. The maximum atomic E-state index is 12.6. The molecule has 27 heavy (non-hydrogen) atoms. The lowest BCUT2D eigenvalue weighted by Gasteiger charge is -2.20. The molecule has 0 bridgehead atoms. The topological polar surface area (TPSA) is 82.5 Å². The van der Waals surface area contributed by atoms with E-state index in [0.717, 1.165) is 0 Å². The van der Waals surface area contributed by atoms with E-state index in [4.69, 9.17) is 21.1 Å². The summed E-state index contributed by atoms with van der Waals surface area (Å²) < 4.78 is 12.1. The van der Waals surface area contributed by atoms with Crippen molar-refractivity contribution in [3.8, 4) is 17.2 Å². The largest absolute Gasteiger partial charge is 0.486 e. The third-order valence-electron chi connectivity index (χ3n) is 3.91. The van der Waals surface area contributed by atoms with Crippen LogP contribution in [-0.2, 0) is 0 Å². The van der Waals surface area contributed by atoms with Crippen molar-refractivity contribution in [1.29, 1.82) is 0 Å². The van der Waals surface area contributed by atoms with Crippen LogP contribution in [-0.4, -0.2) is 28.9 Å². The Morgan fingerprint density at radius 3 is 2.48 bits per heavy atom. The molecule has 0 aliphatic carbocycles. The van der Waals surface area contributed by atoms with Gasteiger partial charge in [0, 0.05) is 18.2 Å². The van der Waals surface area contributed by atoms with E-state index in [0.29, 0.717) is 41.1 Å². The Kier molecular flexibility index (Phi) is 4.52. The number of carbonyl (C=O) groups is 1. The first-order chi connectivity index (χ1) is 13.1. The molecule has 0 saturated heterocycles. The molecule has 0 atom stereocenters. The number of halogens is 1. The third kappa shape index (κ3) is 3.50. The summed E-state index contributed by atoms with van der Waals surface area (Å²) >= 11 is 6.22. The lowest BCUT2D eigenvalue weighted by molar-refractivity contribution is 0.102. The van der Waals surface area contributed by atoms with Crippen molar-refractivity contribution in [2.75, 3.05) is 18.5 Å². The Labute approximate surface area is 159 Å². The summed E-state index contributed by atoms with van der Waals surface area (Å²) in [6.07, 6.45) is 0. The zero-order valence-corrected chi connectivity index (χ0v) is 14.8. The van der Waals surface area contributed by atoms with Crippen molar-refractivity contribution in [2.24, 2.45) is 0 Å². The van der Waals surface area contributed by atoms with Crippen LogP contribution in [0, 0.1) is 0 Å². The number of nitrogens with zero attached hydrogens (tertiary/aromatic N) is 2. The normalized spacial score (nSPS) is 12.5. The minimum absolute atomic E-state index is 0.0735. The number of fused-ring (bicyclic) bond motifs is 1. The first-order valence-electron chi connectivity index (χ1n) is 8.18. The van der Waals surface area contributed by atoms with Gasteiger partial charge in [0.1, 0.15) is 18.9 Å². The molecule has 0 fully saturated rings. The van der Waals surface area contributed by atoms with Crippen LogP contribution in [0.25, 0.3) is 5.69 Å². The van der Waals surface area contributed by atoms with Gasteiger partial charge in [0.15, 0.2) is 11.5 Å². The second-order valence-corrected chi connectivity index (χ2v) is 6.14. The quantitative estimate of drug-likeness (QED) is 0.752. The fourth-order valence-electron chi connectivity index (χ4n) is 2.63. The number of carbonyl (C=O) groups excluding carboxylic acids is 1. The molecule has 1 N–H and O–H groups in total. The maximum Gasteiger partial charge on any atom is 0.276 e. The summed E-state index contributed by atoms with van der Waals surface area (Å²) in [6.45, 7) is 0.867. The van der Waals surface area contributed by atoms with Gasteiger partial charge in [0.25, 0.3) is 11.5 Å². The molecule has 1 amide bonds. The molecule has 0 radical (unpaired) electrons. The summed E-state index contributed by atoms with van der Waals surface area (Å²) in [5.74, 6) is 0.529. The molecule has 3 aromatic rings. The van der Waals surface area contributed by atoms with E-state index in [-0.39, 0.29) is 11.3 Å². The molecule has 1 aliphatic heterocycles. The van der Waals surface area contributed by atoms with Gasteiger partial charge in [0.05, 0.1) is 16.4 Å². The van der Waals surface area contributed by atoms with Crippen molar-refractivity contribution in [3.63, 3.8) is 0 Å². The summed E-state index contributed by atoms with van der Waals surface area (Å²) in [7, 11) is 0. The second kappa shape index (κ2) is 7.13. The lowest BCUT2D eigenvalue weighted by Crippen LogP contribution is -2.25. The zero-order chi connectivity index (χ0) is 18.8.